The van der Waals surface area contributed by atoms with Crippen molar-refractivity contribution in [3.63, 3.8) is 0 Å². The number of hydrogen-bond donors (Lipinski definition) is 0. The minimum atomic E-state index is -0.112. The van der Waals surface area contributed by atoms with Gasteiger partial charge in [0.15, 0.2) is 5.69 Å². The minimum Gasteiger partial charge on any atom is -0.337 e. The first-order valence-electron chi connectivity index (χ1n) is 7.66. The van der Waals surface area contributed by atoms with Crippen molar-refractivity contribution in [3.8, 4) is 0 Å². The van der Waals surface area contributed by atoms with Crippen molar-refractivity contribution in [3.05, 3.63) is 64.2 Å². The smallest absolute Gasteiger partial charge is 0.274 e. The maximum atomic E-state index is 12.6. The fourth-order valence-corrected chi connectivity index (χ4v) is 2.85. The lowest BCUT2D eigenvalue weighted by atomic mass is 10.0. The van der Waals surface area contributed by atoms with Gasteiger partial charge in [-0.3, -0.25) is 4.79 Å². The predicted octanol–water partition coefficient (Wildman–Crippen LogP) is 3.76. The van der Waals surface area contributed by atoms with Crippen LogP contribution in [0.2, 0.25) is 5.02 Å². The second kappa shape index (κ2) is 6.92. The Bertz CT molecular complexity index is 733. The summed E-state index contributed by atoms with van der Waals surface area (Å²) >= 11 is 6.06. The Labute approximate surface area is 140 Å². The number of rotatable bonds is 2. The Hall–Kier alpha value is -2.20. The van der Waals surface area contributed by atoms with Crippen molar-refractivity contribution in [1.29, 1.82) is 0 Å². The van der Waals surface area contributed by atoms with E-state index in [0.717, 1.165) is 12.8 Å². The van der Waals surface area contributed by atoms with Gasteiger partial charge < -0.3 is 4.90 Å². The van der Waals surface area contributed by atoms with Gasteiger partial charge in [0.1, 0.15) is 5.82 Å². The van der Waals surface area contributed by atoms with Crippen LogP contribution in [0, 0.1) is 6.92 Å². The largest absolute Gasteiger partial charge is 0.337 e. The number of amides is 1. The zero-order valence-electron chi connectivity index (χ0n) is 13.0. The van der Waals surface area contributed by atoms with Crippen LogP contribution in [0.25, 0.3) is 6.08 Å². The first-order valence-corrected chi connectivity index (χ1v) is 8.04. The Morgan fingerprint density at radius 3 is 2.61 bits per heavy atom. The van der Waals surface area contributed by atoms with Gasteiger partial charge in [-0.15, -0.1) is 0 Å². The number of nitrogens with zero attached hydrogens (tertiary/aromatic N) is 3. The monoisotopic (exact) mass is 327 g/mol. The summed E-state index contributed by atoms with van der Waals surface area (Å²) in [6, 6.07) is 10.3. The number of piperidine rings is 1. The molecule has 1 saturated heterocycles. The zero-order chi connectivity index (χ0) is 16.2. The van der Waals surface area contributed by atoms with Crippen LogP contribution in [0.4, 0.5) is 0 Å². The molecule has 23 heavy (non-hydrogen) atoms. The summed E-state index contributed by atoms with van der Waals surface area (Å²) in [6.07, 6.45) is 5.45. The molecule has 0 saturated carbocycles. The number of carbonyl (C=O) groups is 1. The first-order chi connectivity index (χ1) is 11.1. The molecule has 118 valence electrons. The number of aryl methyl sites for hydroxylation is 1. The summed E-state index contributed by atoms with van der Waals surface area (Å²) in [5, 5.41) is 0.311. The van der Waals surface area contributed by atoms with Crippen LogP contribution in [0.3, 0.4) is 0 Å². The highest BCUT2D eigenvalue weighted by Crippen LogP contribution is 2.22. The number of hydrogen-bond acceptors (Lipinski definition) is 3. The molecule has 1 fully saturated rings. The Kier molecular flexibility index (Phi) is 4.72. The molecule has 0 radical (unpaired) electrons. The molecule has 1 amide bonds. The van der Waals surface area contributed by atoms with E-state index in [-0.39, 0.29) is 5.91 Å². The zero-order valence-corrected chi connectivity index (χ0v) is 13.8. The lowest BCUT2D eigenvalue weighted by Crippen LogP contribution is -2.37. The third-order valence-electron chi connectivity index (χ3n) is 3.93. The Morgan fingerprint density at radius 2 is 1.91 bits per heavy atom. The van der Waals surface area contributed by atoms with Gasteiger partial charge in [0.05, 0.1) is 11.2 Å². The SMILES string of the molecule is Cc1ncc(Cl)c(C(=O)N2CCC(=Cc3ccccc3)CC2)n1. The van der Waals surface area contributed by atoms with Gasteiger partial charge in [0, 0.05) is 13.1 Å². The summed E-state index contributed by atoms with van der Waals surface area (Å²) < 4.78 is 0. The standard InChI is InChI=1S/C18H18ClN3O/c1-13-20-12-16(19)17(21-13)18(23)22-9-7-15(8-10-22)11-14-5-3-2-4-6-14/h2-6,11-12H,7-10H2,1H3. The Balaban J connectivity index is 1.68. The van der Waals surface area contributed by atoms with Crippen molar-refractivity contribution in [1.82, 2.24) is 14.9 Å². The van der Waals surface area contributed by atoms with Crippen LogP contribution >= 0.6 is 11.6 Å². The number of carbonyl (C=O) groups excluding carboxylic acids is 1. The van der Waals surface area contributed by atoms with Crippen LogP contribution in [-0.2, 0) is 0 Å². The fourth-order valence-electron chi connectivity index (χ4n) is 2.68. The maximum Gasteiger partial charge on any atom is 0.274 e. The molecule has 0 bridgehead atoms. The van der Waals surface area contributed by atoms with E-state index < -0.39 is 0 Å². The van der Waals surface area contributed by atoms with E-state index >= 15 is 0 Å². The topological polar surface area (TPSA) is 46.1 Å². The molecule has 0 aliphatic carbocycles. The molecule has 0 N–H and O–H groups in total. The molecule has 1 aromatic carbocycles. The highest BCUT2D eigenvalue weighted by atomic mass is 35.5. The van der Waals surface area contributed by atoms with Gasteiger partial charge in [-0.25, -0.2) is 9.97 Å². The van der Waals surface area contributed by atoms with E-state index in [0.29, 0.717) is 29.6 Å². The van der Waals surface area contributed by atoms with Gasteiger partial charge >= 0.3 is 0 Å². The van der Waals surface area contributed by atoms with Gasteiger partial charge in [-0.05, 0) is 25.3 Å². The predicted molar refractivity (Wildman–Crippen MR) is 91.3 cm³/mol. The molecular formula is C18H18ClN3O. The highest BCUT2D eigenvalue weighted by molar-refractivity contribution is 6.33. The molecular weight excluding hydrogens is 310 g/mol. The van der Waals surface area contributed by atoms with Crippen LogP contribution in [0.15, 0.2) is 42.1 Å². The number of aromatic nitrogens is 2. The van der Waals surface area contributed by atoms with Gasteiger partial charge in [-0.1, -0.05) is 53.6 Å². The molecule has 1 aliphatic heterocycles. The van der Waals surface area contributed by atoms with Crippen LogP contribution in [0.1, 0.15) is 34.7 Å². The Morgan fingerprint density at radius 1 is 1.22 bits per heavy atom. The maximum absolute atomic E-state index is 12.6. The van der Waals surface area contributed by atoms with Gasteiger partial charge in [0.2, 0.25) is 0 Å². The second-order valence-electron chi connectivity index (χ2n) is 5.62. The quantitative estimate of drug-likeness (QED) is 0.843. The summed E-state index contributed by atoms with van der Waals surface area (Å²) in [5.41, 5.74) is 2.87. The van der Waals surface area contributed by atoms with E-state index in [2.05, 4.69) is 28.2 Å². The molecule has 0 atom stereocenters. The van der Waals surface area contributed by atoms with E-state index in [1.54, 1.807) is 6.92 Å². The fraction of sp³-hybridized carbons (Fsp3) is 0.278. The van der Waals surface area contributed by atoms with Crippen LogP contribution in [0.5, 0.6) is 0 Å². The molecule has 5 heteroatoms. The van der Waals surface area contributed by atoms with Crippen molar-refractivity contribution in [2.24, 2.45) is 0 Å². The third kappa shape index (κ3) is 3.77. The third-order valence-corrected chi connectivity index (χ3v) is 4.21. The normalized spacial score (nSPS) is 14.7. The van der Waals surface area contributed by atoms with E-state index in [1.807, 2.05) is 23.1 Å². The lowest BCUT2D eigenvalue weighted by Gasteiger charge is -2.28. The summed E-state index contributed by atoms with van der Waals surface area (Å²) in [5.74, 6) is 0.443. The lowest BCUT2D eigenvalue weighted by molar-refractivity contribution is 0.0738. The van der Waals surface area contributed by atoms with E-state index in [9.17, 15) is 4.79 Å². The van der Waals surface area contributed by atoms with Gasteiger partial charge in [0.25, 0.3) is 5.91 Å². The van der Waals surface area contributed by atoms with Gasteiger partial charge in [-0.2, -0.15) is 0 Å². The van der Waals surface area contributed by atoms with E-state index in [1.165, 1.54) is 17.3 Å². The van der Waals surface area contributed by atoms with Crippen molar-refractivity contribution >= 4 is 23.6 Å². The first kappa shape index (κ1) is 15.7. The molecule has 0 unspecified atom stereocenters. The average molecular weight is 328 g/mol. The summed E-state index contributed by atoms with van der Waals surface area (Å²) in [6.45, 7) is 3.14. The van der Waals surface area contributed by atoms with Crippen molar-refractivity contribution in [2.75, 3.05) is 13.1 Å². The molecule has 3 rings (SSSR count). The molecule has 2 aromatic rings. The molecule has 2 heterocycles. The van der Waals surface area contributed by atoms with Crippen molar-refractivity contribution in [2.45, 2.75) is 19.8 Å². The van der Waals surface area contributed by atoms with Crippen molar-refractivity contribution < 1.29 is 4.79 Å². The molecule has 1 aromatic heterocycles. The molecule has 1 aliphatic rings. The number of likely N-dealkylation sites (tertiary alicyclic amines) is 1. The van der Waals surface area contributed by atoms with Crippen LogP contribution < -0.4 is 0 Å². The highest BCUT2D eigenvalue weighted by Gasteiger charge is 2.23. The number of benzene rings is 1. The summed E-state index contributed by atoms with van der Waals surface area (Å²) in [7, 11) is 0. The average Bonchev–Trinajstić information content (AvgIpc) is 2.58. The molecule has 4 nitrogen and oxygen atoms in total. The summed E-state index contributed by atoms with van der Waals surface area (Å²) in [4.78, 5) is 22.6. The van der Waals surface area contributed by atoms with E-state index in [4.69, 9.17) is 11.6 Å². The number of halogens is 1. The second-order valence-corrected chi connectivity index (χ2v) is 6.03. The molecule has 0 spiro atoms. The van der Waals surface area contributed by atoms with Crippen LogP contribution in [-0.4, -0.2) is 33.9 Å². The minimum absolute atomic E-state index is 0.112.